The third-order valence-electron chi connectivity index (χ3n) is 5.06. The highest BCUT2D eigenvalue weighted by atomic mass is 35.5. The molecule has 0 atom stereocenters. The van der Waals surface area contributed by atoms with Gasteiger partial charge in [0.15, 0.2) is 11.6 Å². The van der Waals surface area contributed by atoms with Crippen LogP contribution < -0.4 is 10.2 Å². The molecular formula is C19H18ClFN4O2. The van der Waals surface area contributed by atoms with E-state index in [1.807, 2.05) is 12.1 Å². The third-order valence-corrected chi connectivity index (χ3v) is 5.31. The van der Waals surface area contributed by atoms with Gasteiger partial charge in [-0.15, -0.1) is 0 Å². The maximum Gasteiger partial charge on any atom is 0.257 e. The fourth-order valence-electron chi connectivity index (χ4n) is 3.51. The largest absolute Gasteiger partial charge is 0.320 e. The second kappa shape index (κ2) is 6.58. The van der Waals surface area contributed by atoms with Gasteiger partial charge in [0.05, 0.1) is 0 Å². The lowest BCUT2D eigenvalue weighted by Gasteiger charge is -2.53. The number of piperazine rings is 1. The molecule has 1 aromatic carbocycles. The summed E-state index contributed by atoms with van der Waals surface area (Å²) in [5.74, 6) is -1.26. The van der Waals surface area contributed by atoms with Gasteiger partial charge in [0.25, 0.3) is 5.91 Å². The lowest BCUT2D eigenvalue weighted by Crippen LogP contribution is -2.80. The van der Waals surface area contributed by atoms with Crippen molar-refractivity contribution in [2.24, 2.45) is 0 Å². The van der Waals surface area contributed by atoms with Crippen molar-refractivity contribution in [2.75, 3.05) is 24.5 Å². The molecule has 140 valence electrons. The van der Waals surface area contributed by atoms with Gasteiger partial charge >= 0.3 is 0 Å². The van der Waals surface area contributed by atoms with Gasteiger partial charge < -0.3 is 10.2 Å². The Balaban J connectivity index is 1.66. The average Bonchev–Trinajstić information content (AvgIpc) is 2.59. The Morgan fingerprint density at radius 3 is 2.56 bits per heavy atom. The number of nitrogens with zero attached hydrogens (tertiary/aromatic N) is 3. The highest BCUT2D eigenvalue weighted by Crippen LogP contribution is 2.33. The second-order valence-corrected chi connectivity index (χ2v) is 7.39. The summed E-state index contributed by atoms with van der Waals surface area (Å²) in [7, 11) is 0. The number of aryl methyl sites for hydroxylation is 1. The van der Waals surface area contributed by atoms with Gasteiger partial charge in [-0.3, -0.25) is 14.5 Å². The molecule has 2 aliphatic heterocycles. The Kier molecular flexibility index (Phi) is 4.36. The van der Waals surface area contributed by atoms with E-state index >= 15 is 0 Å². The minimum atomic E-state index is -1.02. The van der Waals surface area contributed by atoms with Crippen LogP contribution in [0.3, 0.4) is 0 Å². The van der Waals surface area contributed by atoms with E-state index in [-0.39, 0.29) is 24.2 Å². The quantitative estimate of drug-likeness (QED) is 0.872. The summed E-state index contributed by atoms with van der Waals surface area (Å²) >= 11 is 5.92. The lowest BCUT2D eigenvalue weighted by atomic mass is 9.85. The molecule has 2 aromatic rings. The first-order chi connectivity index (χ1) is 12.9. The minimum absolute atomic E-state index is 0.101. The summed E-state index contributed by atoms with van der Waals surface area (Å²) in [6, 6.07) is 8.46. The van der Waals surface area contributed by atoms with Crippen molar-refractivity contribution in [1.82, 2.24) is 15.2 Å². The SMILES string of the molecule is Cc1cnc(N2CC(=O)N(Cc3ccc(Cl)cc3)C3(CNC3)C2=O)c(F)c1. The number of hydrogen-bond donors (Lipinski definition) is 1. The number of carbonyl (C=O) groups excluding carboxylic acids is 2. The fourth-order valence-corrected chi connectivity index (χ4v) is 3.64. The topological polar surface area (TPSA) is 65.5 Å². The molecule has 2 saturated heterocycles. The number of nitrogens with one attached hydrogen (secondary N) is 1. The summed E-state index contributed by atoms with van der Waals surface area (Å²) in [4.78, 5) is 32.9. The first-order valence-electron chi connectivity index (χ1n) is 8.60. The Bertz CT molecular complexity index is 914. The van der Waals surface area contributed by atoms with E-state index in [1.54, 1.807) is 24.0 Å². The summed E-state index contributed by atoms with van der Waals surface area (Å²) in [6.07, 6.45) is 1.49. The van der Waals surface area contributed by atoms with Gasteiger partial charge in [0.1, 0.15) is 12.1 Å². The molecule has 0 bridgehead atoms. The van der Waals surface area contributed by atoms with E-state index in [4.69, 9.17) is 11.6 Å². The first kappa shape index (κ1) is 17.9. The number of anilines is 1. The highest BCUT2D eigenvalue weighted by Gasteiger charge is 2.57. The molecule has 1 spiro atoms. The Morgan fingerprint density at radius 1 is 1.26 bits per heavy atom. The fraction of sp³-hybridized carbons (Fsp3) is 0.316. The van der Waals surface area contributed by atoms with Crippen molar-refractivity contribution in [3.05, 3.63) is 58.5 Å². The molecule has 8 heteroatoms. The number of carbonyl (C=O) groups is 2. The van der Waals surface area contributed by atoms with Gasteiger partial charge in [-0.05, 0) is 36.2 Å². The molecule has 1 aromatic heterocycles. The monoisotopic (exact) mass is 388 g/mol. The van der Waals surface area contributed by atoms with Crippen LogP contribution in [0.5, 0.6) is 0 Å². The zero-order valence-corrected chi connectivity index (χ0v) is 15.5. The Morgan fingerprint density at radius 2 is 1.96 bits per heavy atom. The van der Waals surface area contributed by atoms with E-state index in [0.717, 1.165) is 10.5 Å². The van der Waals surface area contributed by atoms with Crippen LogP contribution in [0.1, 0.15) is 11.1 Å². The average molecular weight is 389 g/mol. The van der Waals surface area contributed by atoms with Crippen molar-refractivity contribution < 1.29 is 14.0 Å². The van der Waals surface area contributed by atoms with Crippen molar-refractivity contribution >= 4 is 29.2 Å². The molecule has 2 amide bonds. The predicted molar refractivity (Wildman–Crippen MR) is 98.9 cm³/mol. The summed E-state index contributed by atoms with van der Waals surface area (Å²) in [5, 5.41) is 3.67. The van der Waals surface area contributed by atoms with E-state index in [1.165, 1.54) is 12.3 Å². The number of halogens is 2. The molecule has 2 fully saturated rings. The number of pyridine rings is 1. The van der Waals surface area contributed by atoms with E-state index < -0.39 is 11.4 Å². The molecular weight excluding hydrogens is 371 g/mol. The molecule has 3 heterocycles. The highest BCUT2D eigenvalue weighted by molar-refractivity contribution is 6.30. The van der Waals surface area contributed by atoms with Crippen LogP contribution in [0.2, 0.25) is 5.02 Å². The van der Waals surface area contributed by atoms with Crippen molar-refractivity contribution in [2.45, 2.75) is 19.0 Å². The first-order valence-corrected chi connectivity index (χ1v) is 8.98. The molecule has 0 aliphatic carbocycles. The normalized spacial score (nSPS) is 18.8. The third kappa shape index (κ3) is 2.96. The molecule has 2 aliphatic rings. The minimum Gasteiger partial charge on any atom is -0.320 e. The van der Waals surface area contributed by atoms with Gasteiger partial charge in [-0.25, -0.2) is 9.37 Å². The van der Waals surface area contributed by atoms with E-state index in [0.29, 0.717) is 30.2 Å². The smallest absolute Gasteiger partial charge is 0.257 e. The van der Waals surface area contributed by atoms with Crippen molar-refractivity contribution in [1.29, 1.82) is 0 Å². The number of benzene rings is 1. The Hall–Kier alpha value is -2.51. The molecule has 0 saturated carbocycles. The Labute approximate surface area is 160 Å². The van der Waals surface area contributed by atoms with Crippen molar-refractivity contribution in [3.63, 3.8) is 0 Å². The van der Waals surface area contributed by atoms with Crippen LogP contribution in [-0.2, 0) is 16.1 Å². The van der Waals surface area contributed by atoms with E-state index in [9.17, 15) is 14.0 Å². The van der Waals surface area contributed by atoms with Crippen molar-refractivity contribution in [3.8, 4) is 0 Å². The maximum absolute atomic E-state index is 14.4. The van der Waals surface area contributed by atoms with Gasteiger partial charge in [-0.1, -0.05) is 23.7 Å². The summed E-state index contributed by atoms with van der Waals surface area (Å²) in [6.45, 7) is 2.43. The number of hydrogen-bond acceptors (Lipinski definition) is 4. The molecule has 4 rings (SSSR count). The molecule has 0 unspecified atom stereocenters. The van der Waals surface area contributed by atoms with Crippen LogP contribution in [0.25, 0.3) is 0 Å². The lowest BCUT2D eigenvalue weighted by molar-refractivity contribution is -0.155. The number of rotatable bonds is 3. The number of amides is 2. The van der Waals surface area contributed by atoms with Crippen LogP contribution >= 0.6 is 11.6 Å². The van der Waals surface area contributed by atoms with Crippen LogP contribution in [0.15, 0.2) is 36.5 Å². The van der Waals surface area contributed by atoms with Gasteiger partial charge in [-0.2, -0.15) is 0 Å². The zero-order valence-electron chi connectivity index (χ0n) is 14.7. The van der Waals surface area contributed by atoms with Crippen LogP contribution in [0, 0.1) is 12.7 Å². The van der Waals surface area contributed by atoms with Gasteiger partial charge in [0.2, 0.25) is 5.91 Å². The standard InChI is InChI=1S/C19H18ClFN4O2/c1-12-6-15(21)17(23-7-12)24-9-16(26)25(19(18(24)27)10-22-11-19)8-13-2-4-14(20)5-3-13/h2-7,22H,8-11H2,1H3. The summed E-state index contributed by atoms with van der Waals surface area (Å²) in [5.41, 5.74) is 0.505. The van der Waals surface area contributed by atoms with Gasteiger partial charge in [0, 0.05) is 30.9 Å². The number of aromatic nitrogens is 1. The molecule has 6 nitrogen and oxygen atoms in total. The second-order valence-electron chi connectivity index (χ2n) is 6.95. The molecule has 0 radical (unpaired) electrons. The molecule has 1 N–H and O–H groups in total. The predicted octanol–water partition coefficient (Wildman–Crippen LogP) is 1.90. The molecule has 27 heavy (non-hydrogen) atoms. The maximum atomic E-state index is 14.4. The summed E-state index contributed by atoms with van der Waals surface area (Å²) < 4.78 is 14.4. The van der Waals surface area contributed by atoms with Crippen LogP contribution in [-0.4, -0.2) is 46.9 Å². The van der Waals surface area contributed by atoms with E-state index in [2.05, 4.69) is 10.3 Å². The van der Waals surface area contributed by atoms with Crippen LogP contribution in [0.4, 0.5) is 10.2 Å². The zero-order chi connectivity index (χ0) is 19.2.